The Kier molecular flexibility index (Phi) is 3.73. The Morgan fingerprint density at radius 3 is 2.59 bits per heavy atom. The number of aromatic nitrogens is 2. The molecule has 3 nitrogen and oxygen atoms in total. The molecule has 0 radical (unpaired) electrons. The first kappa shape index (κ1) is 11.6. The van der Waals surface area contributed by atoms with Crippen LogP contribution >= 0.6 is 0 Å². The van der Waals surface area contributed by atoms with Crippen molar-refractivity contribution >= 4 is 12.2 Å². The zero-order valence-electron chi connectivity index (χ0n) is 10.1. The lowest BCUT2D eigenvalue weighted by molar-refractivity contribution is -0.694. The van der Waals surface area contributed by atoms with Crippen molar-refractivity contribution < 1.29 is 4.57 Å². The van der Waals surface area contributed by atoms with Crippen LogP contribution in [0.3, 0.4) is 0 Å². The van der Waals surface area contributed by atoms with Crippen LogP contribution in [0.2, 0.25) is 0 Å². The zero-order valence-corrected chi connectivity index (χ0v) is 10.1. The van der Waals surface area contributed by atoms with Gasteiger partial charge < -0.3 is 10.3 Å². The van der Waals surface area contributed by atoms with Gasteiger partial charge in [-0.15, -0.1) is 0 Å². The van der Waals surface area contributed by atoms with E-state index in [1.165, 1.54) is 11.3 Å². The maximum atomic E-state index is 5.50. The predicted octanol–water partition coefficient (Wildman–Crippen LogP) is 1.44. The minimum Gasteiger partial charge on any atom is -0.351 e. The third kappa shape index (κ3) is 3.04. The van der Waals surface area contributed by atoms with E-state index in [0.29, 0.717) is 6.54 Å². The molecule has 2 aromatic heterocycles. The number of hydrogen-bond donors (Lipinski definition) is 1. The molecule has 0 unspecified atom stereocenters. The molecule has 0 fully saturated rings. The molecule has 0 aromatic carbocycles. The second-order valence-electron chi connectivity index (χ2n) is 4.04. The van der Waals surface area contributed by atoms with Gasteiger partial charge in [-0.05, 0) is 23.8 Å². The quantitative estimate of drug-likeness (QED) is 0.790. The van der Waals surface area contributed by atoms with E-state index in [2.05, 4.69) is 51.9 Å². The molecule has 2 aromatic rings. The SMILES string of the molecule is Cn1cccc1/C=C/c1cc[n+](CCN)cc1. The molecule has 0 saturated heterocycles. The van der Waals surface area contributed by atoms with Crippen molar-refractivity contribution in [1.29, 1.82) is 0 Å². The van der Waals surface area contributed by atoms with Gasteiger partial charge in [-0.1, -0.05) is 6.08 Å². The van der Waals surface area contributed by atoms with Crippen LogP contribution < -0.4 is 10.3 Å². The van der Waals surface area contributed by atoms with Crippen LogP contribution in [-0.2, 0) is 13.6 Å². The van der Waals surface area contributed by atoms with Crippen molar-refractivity contribution in [2.24, 2.45) is 12.8 Å². The van der Waals surface area contributed by atoms with E-state index < -0.39 is 0 Å². The fraction of sp³-hybridized carbons (Fsp3) is 0.214. The molecule has 0 spiro atoms. The fourth-order valence-corrected chi connectivity index (χ4v) is 1.71. The highest BCUT2D eigenvalue weighted by molar-refractivity contribution is 5.67. The number of rotatable bonds is 4. The zero-order chi connectivity index (χ0) is 12.1. The molecule has 0 atom stereocenters. The molecular weight excluding hydrogens is 210 g/mol. The summed E-state index contributed by atoms with van der Waals surface area (Å²) in [5.41, 5.74) is 7.89. The van der Waals surface area contributed by atoms with Crippen LogP contribution in [0.4, 0.5) is 0 Å². The van der Waals surface area contributed by atoms with Crippen molar-refractivity contribution in [2.75, 3.05) is 6.54 Å². The summed E-state index contributed by atoms with van der Waals surface area (Å²) >= 11 is 0. The summed E-state index contributed by atoms with van der Waals surface area (Å²) in [7, 11) is 2.04. The summed E-state index contributed by atoms with van der Waals surface area (Å²) in [6.07, 6.45) is 10.4. The molecule has 0 bridgehead atoms. The van der Waals surface area contributed by atoms with Gasteiger partial charge in [0.1, 0.15) is 0 Å². The molecule has 0 aliphatic rings. The van der Waals surface area contributed by atoms with E-state index in [0.717, 1.165) is 6.54 Å². The molecule has 3 heteroatoms. The molecule has 17 heavy (non-hydrogen) atoms. The summed E-state index contributed by atoms with van der Waals surface area (Å²) in [6, 6.07) is 8.32. The van der Waals surface area contributed by atoms with Crippen LogP contribution in [0, 0.1) is 0 Å². The third-order valence-electron chi connectivity index (χ3n) is 2.73. The number of aryl methyl sites for hydroxylation is 1. The van der Waals surface area contributed by atoms with E-state index >= 15 is 0 Å². The minimum absolute atomic E-state index is 0.670. The second kappa shape index (κ2) is 5.46. The Bertz CT molecular complexity index is 494. The lowest BCUT2D eigenvalue weighted by Crippen LogP contribution is -2.36. The van der Waals surface area contributed by atoms with E-state index in [4.69, 9.17) is 5.73 Å². The van der Waals surface area contributed by atoms with Crippen molar-refractivity contribution in [3.8, 4) is 0 Å². The maximum absolute atomic E-state index is 5.50. The summed E-state index contributed by atoms with van der Waals surface area (Å²) < 4.78 is 4.17. The van der Waals surface area contributed by atoms with Gasteiger partial charge in [-0.25, -0.2) is 4.57 Å². The Morgan fingerprint density at radius 1 is 1.24 bits per heavy atom. The first-order valence-electron chi connectivity index (χ1n) is 5.78. The molecular formula is C14H18N3+. The first-order chi connectivity index (χ1) is 8.29. The highest BCUT2D eigenvalue weighted by atomic mass is 14.9. The number of pyridine rings is 1. The predicted molar refractivity (Wildman–Crippen MR) is 70.0 cm³/mol. The lowest BCUT2D eigenvalue weighted by atomic mass is 10.2. The second-order valence-corrected chi connectivity index (χ2v) is 4.04. The Labute approximate surface area is 102 Å². The molecule has 2 N–H and O–H groups in total. The van der Waals surface area contributed by atoms with Crippen LogP contribution in [-0.4, -0.2) is 11.1 Å². The van der Waals surface area contributed by atoms with Gasteiger partial charge in [0.2, 0.25) is 0 Å². The maximum Gasteiger partial charge on any atom is 0.169 e. The molecule has 0 aliphatic heterocycles. The highest BCUT2D eigenvalue weighted by Crippen LogP contribution is 2.06. The Balaban J connectivity index is 2.09. The van der Waals surface area contributed by atoms with Crippen molar-refractivity contribution in [3.63, 3.8) is 0 Å². The third-order valence-corrected chi connectivity index (χ3v) is 2.73. The number of nitrogens with two attached hydrogens (primary N) is 1. The van der Waals surface area contributed by atoms with Gasteiger partial charge in [-0.2, -0.15) is 0 Å². The average molecular weight is 228 g/mol. The standard InChI is InChI=1S/C14H18N3/c1-16-9-2-3-14(16)5-4-13-6-10-17(11-7-13)12-8-15/h2-7,9-11H,8,12,15H2,1H3/q+1. The van der Waals surface area contributed by atoms with Crippen LogP contribution in [0.25, 0.3) is 12.2 Å². The minimum atomic E-state index is 0.670. The largest absolute Gasteiger partial charge is 0.351 e. The monoisotopic (exact) mass is 228 g/mol. The van der Waals surface area contributed by atoms with Gasteiger partial charge in [0.05, 0.1) is 6.54 Å². The summed E-state index contributed by atoms with van der Waals surface area (Å²) in [5.74, 6) is 0. The molecule has 88 valence electrons. The van der Waals surface area contributed by atoms with Crippen LogP contribution in [0.5, 0.6) is 0 Å². The van der Waals surface area contributed by atoms with Crippen molar-refractivity contribution in [2.45, 2.75) is 6.54 Å². The molecule has 0 saturated carbocycles. The van der Waals surface area contributed by atoms with Gasteiger partial charge in [-0.3, -0.25) is 0 Å². The van der Waals surface area contributed by atoms with Crippen molar-refractivity contribution in [3.05, 3.63) is 54.1 Å². The summed E-state index contributed by atoms with van der Waals surface area (Å²) in [4.78, 5) is 0. The van der Waals surface area contributed by atoms with E-state index in [-0.39, 0.29) is 0 Å². The van der Waals surface area contributed by atoms with E-state index in [1.54, 1.807) is 0 Å². The van der Waals surface area contributed by atoms with E-state index in [9.17, 15) is 0 Å². The first-order valence-corrected chi connectivity index (χ1v) is 5.78. The van der Waals surface area contributed by atoms with Gasteiger partial charge in [0.15, 0.2) is 18.9 Å². The Hall–Kier alpha value is -1.87. The fourth-order valence-electron chi connectivity index (χ4n) is 1.71. The number of hydrogen-bond acceptors (Lipinski definition) is 1. The molecule has 2 heterocycles. The van der Waals surface area contributed by atoms with Gasteiger partial charge >= 0.3 is 0 Å². The smallest absolute Gasteiger partial charge is 0.169 e. The van der Waals surface area contributed by atoms with Crippen LogP contribution in [0.15, 0.2) is 42.9 Å². The molecule has 2 rings (SSSR count). The van der Waals surface area contributed by atoms with Crippen LogP contribution in [0.1, 0.15) is 11.3 Å². The average Bonchev–Trinajstić information content (AvgIpc) is 2.75. The number of nitrogens with zero attached hydrogens (tertiary/aromatic N) is 2. The Morgan fingerprint density at radius 2 is 2.00 bits per heavy atom. The lowest BCUT2D eigenvalue weighted by Gasteiger charge is -1.97. The molecule has 0 aliphatic carbocycles. The normalized spacial score (nSPS) is 11.2. The van der Waals surface area contributed by atoms with Gasteiger partial charge in [0.25, 0.3) is 0 Å². The molecule has 0 amide bonds. The highest BCUT2D eigenvalue weighted by Gasteiger charge is 1.97. The summed E-state index contributed by atoms with van der Waals surface area (Å²) in [6.45, 7) is 1.53. The topological polar surface area (TPSA) is 34.8 Å². The van der Waals surface area contributed by atoms with Crippen molar-refractivity contribution in [1.82, 2.24) is 4.57 Å². The summed E-state index contributed by atoms with van der Waals surface area (Å²) in [5, 5.41) is 0. The van der Waals surface area contributed by atoms with Gasteiger partial charge in [0, 0.05) is 31.1 Å². The van der Waals surface area contributed by atoms with E-state index in [1.807, 2.05) is 19.3 Å².